The fourth-order valence-electron chi connectivity index (χ4n) is 4.04. The summed E-state index contributed by atoms with van der Waals surface area (Å²) in [5.41, 5.74) is 6.10. The van der Waals surface area contributed by atoms with E-state index in [-0.39, 0.29) is 17.2 Å². The van der Waals surface area contributed by atoms with E-state index in [1.165, 1.54) is 19.4 Å². The van der Waals surface area contributed by atoms with Crippen LogP contribution in [-0.4, -0.2) is 55.5 Å². The summed E-state index contributed by atoms with van der Waals surface area (Å²) >= 11 is 0. The van der Waals surface area contributed by atoms with E-state index in [1.54, 1.807) is 7.11 Å². The molecule has 0 saturated carbocycles. The molecule has 0 bridgehead atoms. The van der Waals surface area contributed by atoms with Crippen LogP contribution >= 0.6 is 0 Å². The summed E-state index contributed by atoms with van der Waals surface area (Å²) in [7, 11) is 1.80. The van der Waals surface area contributed by atoms with Crippen molar-refractivity contribution in [3.8, 4) is 0 Å². The number of nitrogens with two attached hydrogens (primary N) is 1. The molecule has 3 atom stereocenters. The highest BCUT2D eigenvalue weighted by Crippen LogP contribution is 2.41. The van der Waals surface area contributed by atoms with E-state index in [9.17, 15) is 0 Å². The van der Waals surface area contributed by atoms with Crippen molar-refractivity contribution in [3.05, 3.63) is 0 Å². The van der Waals surface area contributed by atoms with Crippen molar-refractivity contribution >= 4 is 0 Å². The Kier molecular flexibility index (Phi) is 4.80. The summed E-state index contributed by atoms with van der Waals surface area (Å²) < 4.78 is 11.5. The second-order valence-corrected chi connectivity index (χ2v) is 7.66. The van der Waals surface area contributed by atoms with Gasteiger partial charge in [-0.1, -0.05) is 0 Å². The highest BCUT2D eigenvalue weighted by molar-refractivity contribution is 5.04. The molecule has 4 nitrogen and oxygen atoms in total. The van der Waals surface area contributed by atoms with Crippen molar-refractivity contribution in [2.24, 2.45) is 17.6 Å². The molecule has 0 aliphatic carbocycles. The Morgan fingerprint density at radius 2 is 1.95 bits per heavy atom. The van der Waals surface area contributed by atoms with Gasteiger partial charge in [0.25, 0.3) is 0 Å². The van der Waals surface area contributed by atoms with Crippen LogP contribution in [0.4, 0.5) is 0 Å². The molecule has 0 aromatic carbocycles. The van der Waals surface area contributed by atoms with E-state index < -0.39 is 0 Å². The highest BCUT2D eigenvalue weighted by Gasteiger charge is 2.52. The van der Waals surface area contributed by atoms with Gasteiger partial charge in [0, 0.05) is 32.2 Å². The van der Waals surface area contributed by atoms with Gasteiger partial charge in [-0.15, -0.1) is 0 Å². The van der Waals surface area contributed by atoms with Crippen molar-refractivity contribution in [1.29, 1.82) is 0 Å². The molecule has 2 rings (SSSR count). The standard InChI is InChI=1S/C16H32N2O2/c1-15(2)13(14(17)16(3,4)20-15)10-18-8-6-7-12(9-18)11-19-5/h12-14H,6-11,17H2,1-5H3. The first-order valence-electron chi connectivity index (χ1n) is 7.93. The first-order chi connectivity index (χ1) is 9.26. The number of hydrogen-bond acceptors (Lipinski definition) is 4. The molecular weight excluding hydrogens is 252 g/mol. The minimum atomic E-state index is -0.226. The van der Waals surface area contributed by atoms with Gasteiger partial charge in [0.05, 0.1) is 17.8 Å². The Bertz CT molecular complexity index is 328. The molecule has 2 heterocycles. The third-order valence-electron chi connectivity index (χ3n) is 5.12. The van der Waals surface area contributed by atoms with Crippen LogP contribution < -0.4 is 5.73 Å². The molecular formula is C16H32N2O2. The van der Waals surface area contributed by atoms with E-state index in [2.05, 4.69) is 32.6 Å². The Balaban J connectivity index is 1.98. The van der Waals surface area contributed by atoms with Crippen LogP contribution in [0.2, 0.25) is 0 Å². The maximum absolute atomic E-state index is 6.47. The fraction of sp³-hybridized carbons (Fsp3) is 1.00. The lowest BCUT2D eigenvalue weighted by atomic mass is 9.82. The lowest BCUT2D eigenvalue weighted by molar-refractivity contribution is -0.0793. The molecule has 2 aliphatic heterocycles. The molecule has 20 heavy (non-hydrogen) atoms. The van der Waals surface area contributed by atoms with Gasteiger partial charge in [-0.2, -0.15) is 0 Å². The van der Waals surface area contributed by atoms with Gasteiger partial charge in [0.2, 0.25) is 0 Å². The summed E-state index contributed by atoms with van der Waals surface area (Å²) in [6.07, 6.45) is 2.55. The number of nitrogens with zero attached hydrogens (tertiary/aromatic N) is 1. The Morgan fingerprint density at radius 1 is 1.25 bits per heavy atom. The van der Waals surface area contributed by atoms with Crippen LogP contribution in [0.5, 0.6) is 0 Å². The number of likely N-dealkylation sites (tertiary alicyclic amines) is 1. The summed E-state index contributed by atoms with van der Waals surface area (Å²) in [6, 6.07) is 0.0975. The first kappa shape index (κ1) is 16.2. The lowest BCUT2D eigenvalue weighted by Gasteiger charge is -2.37. The second-order valence-electron chi connectivity index (χ2n) is 7.66. The summed E-state index contributed by atoms with van der Waals surface area (Å²) in [5, 5.41) is 0. The summed E-state index contributed by atoms with van der Waals surface area (Å²) in [4.78, 5) is 2.56. The Morgan fingerprint density at radius 3 is 2.50 bits per heavy atom. The van der Waals surface area contributed by atoms with Gasteiger partial charge >= 0.3 is 0 Å². The van der Waals surface area contributed by atoms with E-state index >= 15 is 0 Å². The third-order valence-corrected chi connectivity index (χ3v) is 5.12. The van der Waals surface area contributed by atoms with Gasteiger partial charge < -0.3 is 20.1 Å². The minimum Gasteiger partial charge on any atom is -0.384 e. The largest absolute Gasteiger partial charge is 0.384 e. The molecule has 0 aromatic heterocycles. The van der Waals surface area contributed by atoms with Gasteiger partial charge in [-0.3, -0.25) is 0 Å². The van der Waals surface area contributed by atoms with Crippen molar-refractivity contribution in [2.45, 2.75) is 57.8 Å². The van der Waals surface area contributed by atoms with Crippen LogP contribution in [0, 0.1) is 11.8 Å². The predicted molar refractivity (Wildman–Crippen MR) is 81.7 cm³/mol. The number of rotatable bonds is 4. The zero-order valence-corrected chi connectivity index (χ0v) is 13.8. The monoisotopic (exact) mass is 284 g/mol. The quantitative estimate of drug-likeness (QED) is 0.856. The van der Waals surface area contributed by atoms with Crippen LogP contribution in [0.3, 0.4) is 0 Å². The average Bonchev–Trinajstić information content (AvgIpc) is 2.49. The zero-order chi connectivity index (χ0) is 15.0. The molecule has 4 heteroatoms. The molecule has 2 saturated heterocycles. The third kappa shape index (κ3) is 3.35. The molecule has 0 spiro atoms. The molecule has 0 radical (unpaired) electrons. The molecule has 0 aromatic rings. The fourth-order valence-corrected chi connectivity index (χ4v) is 4.04. The van der Waals surface area contributed by atoms with Gasteiger partial charge in [-0.25, -0.2) is 0 Å². The van der Waals surface area contributed by atoms with Gasteiger partial charge in [-0.05, 0) is 53.0 Å². The van der Waals surface area contributed by atoms with Crippen molar-refractivity contribution < 1.29 is 9.47 Å². The smallest absolute Gasteiger partial charge is 0.0788 e. The maximum atomic E-state index is 6.47. The average molecular weight is 284 g/mol. The highest BCUT2D eigenvalue weighted by atomic mass is 16.5. The molecule has 2 fully saturated rings. The lowest BCUT2D eigenvalue weighted by Crippen LogP contribution is -2.50. The van der Waals surface area contributed by atoms with Crippen LogP contribution in [0.25, 0.3) is 0 Å². The van der Waals surface area contributed by atoms with Crippen molar-refractivity contribution in [3.63, 3.8) is 0 Å². The normalized spacial score (nSPS) is 37.2. The number of piperidine rings is 1. The Labute approximate surface area is 124 Å². The minimum absolute atomic E-state index is 0.0975. The van der Waals surface area contributed by atoms with E-state index in [0.29, 0.717) is 11.8 Å². The van der Waals surface area contributed by atoms with Gasteiger partial charge in [0.15, 0.2) is 0 Å². The topological polar surface area (TPSA) is 47.7 Å². The van der Waals surface area contributed by atoms with Crippen LogP contribution in [0.1, 0.15) is 40.5 Å². The summed E-state index contributed by atoms with van der Waals surface area (Å²) in [6.45, 7) is 12.8. The zero-order valence-electron chi connectivity index (χ0n) is 13.8. The predicted octanol–water partition coefficient (Wildman–Crippen LogP) is 1.88. The van der Waals surface area contributed by atoms with Crippen molar-refractivity contribution in [1.82, 2.24) is 4.90 Å². The summed E-state index contributed by atoms with van der Waals surface area (Å²) in [5.74, 6) is 1.06. The molecule has 0 amide bonds. The number of ether oxygens (including phenoxy) is 2. The second kappa shape index (κ2) is 5.91. The molecule has 2 aliphatic rings. The Hall–Kier alpha value is -0.160. The van der Waals surface area contributed by atoms with Crippen LogP contribution in [-0.2, 0) is 9.47 Å². The van der Waals surface area contributed by atoms with Crippen LogP contribution in [0.15, 0.2) is 0 Å². The number of methoxy groups -OCH3 is 1. The molecule has 3 unspecified atom stereocenters. The van der Waals surface area contributed by atoms with E-state index in [0.717, 1.165) is 19.7 Å². The number of hydrogen-bond donors (Lipinski definition) is 1. The maximum Gasteiger partial charge on any atom is 0.0788 e. The first-order valence-corrected chi connectivity index (χ1v) is 7.93. The van der Waals surface area contributed by atoms with E-state index in [1.807, 2.05) is 0 Å². The van der Waals surface area contributed by atoms with Gasteiger partial charge in [0.1, 0.15) is 0 Å². The SMILES string of the molecule is COCC1CCCN(CC2C(N)C(C)(C)OC2(C)C)C1. The molecule has 2 N–H and O–H groups in total. The van der Waals surface area contributed by atoms with Crippen molar-refractivity contribution in [2.75, 3.05) is 33.4 Å². The van der Waals surface area contributed by atoms with E-state index in [4.69, 9.17) is 15.2 Å². The molecule has 118 valence electrons.